The van der Waals surface area contributed by atoms with E-state index in [0.717, 1.165) is 11.8 Å². The van der Waals surface area contributed by atoms with Gasteiger partial charge in [-0.2, -0.15) is 0 Å². The van der Waals surface area contributed by atoms with E-state index >= 15 is 0 Å². The summed E-state index contributed by atoms with van der Waals surface area (Å²) in [5.74, 6) is -1.23. The first-order chi connectivity index (χ1) is 11.7. The third kappa shape index (κ3) is 11.9. The van der Waals surface area contributed by atoms with E-state index in [2.05, 4.69) is 5.32 Å². The van der Waals surface area contributed by atoms with Gasteiger partial charge in [0.1, 0.15) is 12.4 Å². The van der Waals surface area contributed by atoms with Gasteiger partial charge in [0.25, 0.3) is 0 Å². The van der Waals surface area contributed by atoms with Crippen LogP contribution in [0.2, 0.25) is 0 Å². The lowest BCUT2D eigenvalue weighted by Crippen LogP contribution is -2.39. The first kappa shape index (κ1) is 26.3. The first-order valence-electron chi connectivity index (χ1n) is 7.83. The fraction of sp³-hybridized carbons (Fsp3) is 0.857. The van der Waals surface area contributed by atoms with Crippen LogP contribution < -0.4 is 5.32 Å². The van der Waals surface area contributed by atoms with Gasteiger partial charge in [0, 0.05) is 11.2 Å². The topological polar surface area (TPSA) is 90.9 Å². The van der Waals surface area contributed by atoms with Crippen LogP contribution in [0, 0.1) is 0 Å². The van der Waals surface area contributed by atoms with E-state index in [0.29, 0.717) is 0 Å². The van der Waals surface area contributed by atoms with Gasteiger partial charge in [0.15, 0.2) is 5.12 Å². The average molecular weight is 473 g/mol. The Kier molecular flexibility index (Phi) is 11.5. The van der Waals surface area contributed by atoms with Gasteiger partial charge in [-0.05, 0) is 13.8 Å². The van der Waals surface area contributed by atoms with E-state index in [9.17, 15) is 14.2 Å². The quantitative estimate of drug-likeness (QED) is 0.368. The lowest BCUT2D eigenvalue weighted by molar-refractivity contribution is -0.111. The summed E-state index contributed by atoms with van der Waals surface area (Å²) in [6.45, 7) is 8.44. The van der Waals surface area contributed by atoms with E-state index < -0.39 is 29.9 Å². The molecule has 0 saturated carbocycles. The molecule has 0 radical (unpaired) electrons. The molecule has 26 heavy (non-hydrogen) atoms. The SMILES string of the molecule is CCOP(=O)(OCC)[C@@H](CC(=O)SC(C)(C)C)NC(=O)OCC(Cl)(Cl)Cl. The second-order valence-electron chi connectivity index (χ2n) is 6.02. The Balaban J connectivity index is 5.29. The molecule has 0 bridgehead atoms. The largest absolute Gasteiger partial charge is 0.445 e. The number of nitrogens with one attached hydrogen (secondary N) is 1. The Hall–Kier alpha value is 0.310. The minimum absolute atomic E-state index is 0.0687. The predicted molar refractivity (Wildman–Crippen MR) is 106 cm³/mol. The van der Waals surface area contributed by atoms with E-state index in [1.807, 2.05) is 20.8 Å². The molecule has 0 aromatic rings. The number of halogens is 3. The number of rotatable bonds is 9. The van der Waals surface area contributed by atoms with E-state index in [4.69, 9.17) is 48.6 Å². The summed E-state index contributed by atoms with van der Waals surface area (Å²) in [4.78, 5) is 24.3. The molecule has 0 aliphatic carbocycles. The molecule has 0 fully saturated rings. The van der Waals surface area contributed by atoms with Crippen molar-refractivity contribution in [2.45, 2.75) is 55.4 Å². The predicted octanol–water partition coefficient (Wildman–Crippen LogP) is 5.12. The van der Waals surface area contributed by atoms with Gasteiger partial charge in [-0.3, -0.25) is 9.36 Å². The monoisotopic (exact) mass is 471 g/mol. The highest BCUT2D eigenvalue weighted by atomic mass is 35.6. The van der Waals surface area contributed by atoms with Crippen LogP contribution in [0.25, 0.3) is 0 Å². The second-order valence-corrected chi connectivity index (χ2v) is 12.6. The number of hydrogen-bond acceptors (Lipinski definition) is 7. The number of hydrogen-bond donors (Lipinski definition) is 1. The van der Waals surface area contributed by atoms with Crippen molar-refractivity contribution in [3.8, 4) is 0 Å². The molecule has 154 valence electrons. The number of alkyl halides is 3. The van der Waals surface area contributed by atoms with E-state index in [1.165, 1.54) is 0 Å². The molecule has 0 spiro atoms. The Bertz CT molecular complexity index is 514. The standard InChI is InChI=1S/C14H25Cl3NO6PS/c1-6-23-25(21,24-7-2)10(8-11(19)26-13(3,4)5)18-12(20)22-9-14(15,16)17/h10H,6-9H2,1-5H3,(H,18,20)/t10-/m0/s1. The number of alkyl carbamates (subject to hydrolysis) is 1. The number of carbonyl (C=O) groups is 2. The van der Waals surface area contributed by atoms with Crippen LogP contribution in [0.4, 0.5) is 4.79 Å². The van der Waals surface area contributed by atoms with Gasteiger partial charge in [0.05, 0.1) is 13.2 Å². The third-order valence-electron chi connectivity index (χ3n) is 2.43. The molecule has 0 rings (SSSR count). The van der Waals surface area contributed by atoms with Crippen molar-refractivity contribution >= 4 is 65.4 Å². The van der Waals surface area contributed by atoms with Crippen LogP contribution in [0.5, 0.6) is 0 Å². The number of thioether (sulfide) groups is 1. The summed E-state index contributed by atoms with van der Waals surface area (Å²) in [7, 11) is -3.81. The Labute approximate surface area is 173 Å². The molecule has 0 aliphatic heterocycles. The fourth-order valence-electron chi connectivity index (χ4n) is 1.69. The van der Waals surface area contributed by atoms with Crippen LogP contribution in [-0.4, -0.2) is 45.4 Å². The van der Waals surface area contributed by atoms with Crippen molar-refractivity contribution in [1.82, 2.24) is 5.32 Å². The maximum Gasteiger partial charge on any atom is 0.408 e. The molecular formula is C14H25Cl3NO6PS. The molecule has 0 aromatic heterocycles. The van der Waals surface area contributed by atoms with Crippen LogP contribution in [0.3, 0.4) is 0 Å². The van der Waals surface area contributed by atoms with Crippen molar-refractivity contribution in [2.24, 2.45) is 0 Å². The van der Waals surface area contributed by atoms with Gasteiger partial charge in [0.2, 0.25) is 3.79 Å². The normalized spacial score (nSPS) is 14.0. The molecule has 7 nitrogen and oxygen atoms in total. The summed E-state index contributed by atoms with van der Waals surface area (Å²) in [5.41, 5.74) is 0. The van der Waals surface area contributed by atoms with Gasteiger partial charge in [-0.25, -0.2) is 4.79 Å². The highest BCUT2D eigenvalue weighted by Gasteiger charge is 2.39. The average Bonchev–Trinajstić information content (AvgIpc) is 2.42. The minimum atomic E-state index is -3.81. The molecule has 0 unspecified atom stereocenters. The van der Waals surface area contributed by atoms with Gasteiger partial charge < -0.3 is 19.1 Å². The number of amides is 1. The zero-order valence-corrected chi connectivity index (χ0v) is 19.3. The summed E-state index contributed by atoms with van der Waals surface area (Å²) in [6.07, 6.45) is -1.28. The van der Waals surface area contributed by atoms with Crippen LogP contribution in [0.1, 0.15) is 41.0 Å². The first-order valence-corrected chi connectivity index (χ1v) is 11.4. The third-order valence-corrected chi connectivity index (χ3v) is 6.08. The van der Waals surface area contributed by atoms with Crippen LogP contribution in [0.15, 0.2) is 0 Å². The molecule has 1 atom stereocenters. The van der Waals surface area contributed by atoms with Gasteiger partial charge in [-0.15, -0.1) is 0 Å². The van der Waals surface area contributed by atoms with Crippen LogP contribution in [-0.2, 0) is 23.1 Å². The smallest absolute Gasteiger partial charge is 0.408 e. The summed E-state index contributed by atoms with van der Waals surface area (Å²) in [6, 6.07) is 0. The summed E-state index contributed by atoms with van der Waals surface area (Å²) < 4.78 is 26.1. The highest BCUT2D eigenvalue weighted by molar-refractivity contribution is 8.14. The molecule has 0 saturated heterocycles. The highest BCUT2D eigenvalue weighted by Crippen LogP contribution is 2.53. The van der Waals surface area contributed by atoms with E-state index in [1.54, 1.807) is 13.8 Å². The van der Waals surface area contributed by atoms with Crippen molar-refractivity contribution in [2.75, 3.05) is 19.8 Å². The Morgan fingerprint density at radius 2 is 1.62 bits per heavy atom. The zero-order chi connectivity index (χ0) is 20.6. The molecule has 0 aliphatic rings. The Morgan fingerprint density at radius 1 is 1.12 bits per heavy atom. The second kappa shape index (κ2) is 11.3. The lowest BCUT2D eigenvalue weighted by Gasteiger charge is -2.27. The molecule has 1 amide bonds. The number of carbonyl (C=O) groups excluding carboxylic acids is 2. The molecule has 0 aromatic carbocycles. The molecule has 0 heterocycles. The fourth-order valence-corrected chi connectivity index (χ4v) is 4.71. The molecular weight excluding hydrogens is 448 g/mol. The zero-order valence-electron chi connectivity index (χ0n) is 15.3. The molecule has 1 N–H and O–H groups in total. The van der Waals surface area contributed by atoms with Crippen molar-refractivity contribution in [3.05, 3.63) is 0 Å². The Morgan fingerprint density at radius 3 is 2.00 bits per heavy atom. The van der Waals surface area contributed by atoms with Gasteiger partial charge in [-0.1, -0.05) is 67.3 Å². The number of ether oxygens (including phenoxy) is 1. The van der Waals surface area contributed by atoms with Crippen LogP contribution >= 0.6 is 54.2 Å². The van der Waals surface area contributed by atoms with Gasteiger partial charge >= 0.3 is 13.7 Å². The van der Waals surface area contributed by atoms with Crippen molar-refractivity contribution < 1.29 is 27.9 Å². The van der Waals surface area contributed by atoms with Crippen molar-refractivity contribution in [3.63, 3.8) is 0 Å². The molecule has 12 heteroatoms. The maximum atomic E-state index is 13.0. The minimum Gasteiger partial charge on any atom is -0.445 e. The summed E-state index contributed by atoms with van der Waals surface area (Å²) >= 11 is 17.6. The maximum absolute atomic E-state index is 13.0. The van der Waals surface area contributed by atoms with E-state index in [-0.39, 0.29) is 29.5 Å². The lowest BCUT2D eigenvalue weighted by atomic mass is 10.3. The van der Waals surface area contributed by atoms with Crippen molar-refractivity contribution in [1.29, 1.82) is 0 Å². The summed E-state index contributed by atoms with van der Waals surface area (Å²) in [5, 5.41) is 2.04.